The van der Waals surface area contributed by atoms with Crippen molar-refractivity contribution in [1.82, 2.24) is 10.5 Å². The van der Waals surface area contributed by atoms with E-state index < -0.39 is 12.1 Å². The van der Waals surface area contributed by atoms with Crippen LogP contribution in [0, 0.1) is 6.92 Å². The molecule has 7 heteroatoms. The quantitative estimate of drug-likeness (QED) is 0.573. The van der Waals surface area contributed by atoms with Gasteiger partial charge in [0, 0.05) is 22.8 Å². The smallest absolute Gasteiger partial charge is 0.340 e. The van der Waals surface area contributed by atoms with Gasteiger partial charge in [-0.2, -0.15) is 0 Å². The van der Waals surface area contributed by atoms with Gasteiger partial charge in [0.2, 0.25) is 0 Å². The van der Waals surface area contributed by atoms with Crippen LogP contribution < -0.4 is 5.32 Å². The van der Waals surface area contributed by atoms with Gasteiger partial charge in [0.05, 0.1) is 11.3 Å². The fourth-order valence-electron chi connectivity index (χ4n) is 3.07. The Hall–Kier alpha value is -2.28. The number of ether oxygens (including phenoxy) is 1. The first-order chi connectivity index (χ1) is 13.0. The first-order valence-electron chi connectivity index (χ1n) is 9.18. The van der Waals surface area contributed by atoms with Crippen LogP contribution in [-0.2, 0) is 15.3 Å². The fourth-order valence-corrected chi connectivity index (χ4v) is 3.99. The lowest BCUT2D eigenvalue weighted by atomic mass is 10.2. The molecule has 1 atom stereocenters. The summed E-state index contributed by atoms with van der Waals surface area (Å²) < 4.78 is 10.5. The molecule has 2 aromatic rings. The lowest BCUT2D eigenvalue weighted by Crippen LogP contribution is -2.40. The Labute approximate surface area is 163 Å². The first-order valence-corrected chi connectivity index (χ1v) is 10.2. The monoisotopic (exact) mass is 388 g/mol. The average molecular weight is 388 g/mol. The number of carbonyl (C=O) groups is 2. The van der Waals surface area contributed by atoms with E-state index in [0.717, 1.165) is 42.0 Å². The fraction of sp³-hybridized carbons (Fsp3) is 0.450. The second-order valence-corrected chi connectivity index (χ2v) is 7.77. The molecule has 1 heterocycles. The SMILES string of the molecule is Cc1cc(CSc2ccccc2C(=O)O[C@@H](C)C(=O)NC2CCCC2)no1. The zero-order chi connectivity index (χ0) is 19.2. The number of amides is 1. The number of thioether (sulfide) groups is 1. The molecule has 27 heavy (non-hydrogen) atoms. The van der Waals surface area contributed by atoms with Crippen molar-refractivity contribution in [3.05, 3.63) is 47.3 Å². The van der Waals surface area contributed by atoms with Gasteiger partial charge in [0.25, 0.3) is 5.91 Å². The molecule has 1 N–H and O–H groups in total. The zero-order valence-electron chi connectivity index (χ0n) is 15.6. The third-order valence-corrected chi connectivity index (χ3v) is 5.62. The van der Waals surface area contributed by atoms with Crippen LogP contribution in [0.25, 0.3) is 0 Å². The maximum absolute atomic E-state index is 12.6. The normalized spacial score (nSPS) is 15.5. The number of benzene rings is 1. The summed E-state index contributed by atoms with van der Waals surface area (Å²) in [7, 11) is 0. The van der Waals surface area contributed by atoms with E-state index in [4.69, 9.17) is 9.26 Å². The van der Waals surface area contributed by atoms with E-state index in [0.29, 0.717) is 11.3 Å². The van der Waals surface area contributed by atoms with Gasteiger partial charge in [0.1, 0.15) is 5.76 Å². The molecule has 1 amide bonds. The Morgan fingerprint density at radius 1 is 1.33 bits per heavy atom. The summed E-state index contributed by atoms with van der Waals surface area (Å²) in [4.78, 5) is 25.6. The standard InChI is InChI=1S/C20H24N2O4S/c1-13-11-16(22-26-13)12-27-18-10-6-5-9-17(18)20(24)25-14(2)19(23)21-15-7-3-4-8-15/h5-6,9-11,14-15H,3-4,7-8,12H2,1-2H3,(H,21,23)/t14-/m0/s1. The van der Waals surface area contributed by atoms with Gasteiger partial charge in [-0.1, -0.05) is 30.1 Å². The molecule has 1 saturated carbocycles. The maximum atomic E-state index is 12.6. The van der Waals surface area contributed by atoms with Crippen LogP contribution in [0.5, 0.6) is 0 Å². The molecule has 1 aliphatic carbocycles. The Morgan fingerprint density at radius 2 is 2.07 bits per heavy atom. The minimum absolute atomic E-state index is 0.201. The number of hydrogen-bond acceptors (Lipinski definition) is 6. The van der Waals surface area contributed by atoms with E-state index in [-0.39, 0.29) is 11.9 Å². The van der Waals surface area contributed by atoms with Crippen molar-refractivity contribution >= 4 is 23.6 Å². The van der Waals surface area contributed by atoms with E-state index in [2.05, 4.69) is 10.5 Å². The number of nitrogens with one attached hydrogen (secondary N) is 1. The van der Waals surface area contributed by atoms with Gasteiger partial charge in [-0.15, -0.1) is 11.8 Å². The summed E-state index contributed by atoms with van der Waals surface area (Å²) in [5, 5.41) is 6.92. The molecule has 0 radical (unpaired) electrons. The highest BCUT2D eigenvalue weighted by atomic mass is 32.2. The molecule has 1 fully saturated rings. The molecule has 144 valence electrons. The lowest BCUT2D eigenvalue weighted by molar-refractivity contribution is -0.129. The number of carbonyl (C=O) groups excluding carboxylic acids is 2. The number of rotatable bonds is 7. The summed E-state index contributed by atoms with van der Waals surface area (Å²) in [5.74, 6) is 0.599. The van der Waals surface area contributed by atoms with E-state index in [1.54, 1.807) is 19.1 Å². The molecule has 0 spiro atoms. The van der Waals surface area contributed by atoms with Crippen LogP contribution >= 0.6 is 11.8 Å². The van der Waals surface area contributed by atoms with E-state index >= 15 is 0 Å². The third kappa shape index (κ3) is 5.35. The Kier molecular flexibility index (Phi) is 6.55. The molecule has 1 aromatic carbocycles. The molecule has 0 bridgehead atoms. The minimum atomic E-state index is -0.825. The molecule has 1 aromatic heterocycles. The molecule has 0 aliphatic heterocycles. The predicted octanol–water partition coefficient (Wildman–Crippen LogP) is 3.88. The summed E-state index contributed by atoms with van der Waals surface area (Å²) >= 11 is 1.48. The topological polar surface area (TPSA) is 81.4 Å². The van der Waals surface area contributed by atoms with Gasteiger partial charge in [-0.25, -0.2) is 4.79 Å². The highest BCUT2D eigenvalue weighted by Gasteiger charge is 2.24. The van der Waals surface area contributed by atoms with Crippen molar-refractivity contribution < 1.29 is 18.8 Å². The lowest BCUT2D eigenvalue weighted by Gasteiger charge is -2.17. The molecular formula is C20H24N2O4S. The highest BCUT2D eigenvalue weighted by Crippen LogP contribution is 2.27. The molecule has 3 rings (SSSR count). The summed E-state index contributed by atoms with van der Waals surface area (Å²) in [6.07, 6.45) is 3.43. The first kappa shape index (κ1) is 19.5. The molecule has 0 unspecified atom stereocenters. The van der Waals surface area contributed by atoms with E-state index in [1.165, 1.54) is 11.8 Å². The van der Waals surface area contributed by atoms with Gasteiger partial charge >= 0.3 is 5.97 Å². The number of aromatic nitrogens is 1. The van der Waals surface area contributed by atoms with Crippen LogP contribution in [0.15, 0.2) is 39.8 Å². The Balaban J connectivity index is 1.59. The second kappa shape index (κ2) is 9.08. The van der Waals surface area contributed by atoms with Crippen molar-refractivity contribution in [2.75, 3.05) is 0 Å². The van der Waals surface area contributed by atoms with Crippen molar-refractivity contribution in [3.63, 3.8) is 0 Å². The number of aryl methyl sites for hydroxylation is 1. The van der Waals surface area contributed by atoms with Gasteiger partial charge in [-0.05, 0) is 38.8 Å². The second-order valence-electron chi connectivity index (χ2n) is 6.75. The maximum Gasteiger partial charge on any atom is 0.340 e. The van der Waals surface area contributed by atoms with Crippen molar-refractivity contribution in [2.24, 2.45) is 0 Å². The van der Waals surface area contributed by atoms with Crippen molar-refractivity contribution in [1.29, 1.82) is 0 Å². The molecular weight excluding hydrogens is 364 g/mol. The zero-order valence-corrected chi connectivity index (χ0v) is 16.4. The summed E-state index contributed by atoms with van der Waals surface area (Å²) in [6.45, 7) is 3.45. The largest absolute Gasteiger partial charge is 0.449 e. The van der Waals surface area contributed by atoms with Crippen LogP contribution in [0.2, 0.25) is 0 Å². The van der Waals surface area contributed by atoms with Crippen LogP contribution in [-0.4, -0.2) is 29.2 Å². The van der Waals surface area contributed by atoms with Crippen molar-refractivity contribution in [2.45, 2.75) is 62.3 Å². The number of hydrogen-bond donors (Lipinski definition) is 1. The average Bonchev–Trinajstić information content (AvgIpc) is 3.31. The predicted molar refractivity (Wildman–Crippen MR) is 103 cm³/mol. The van der Waals surface area contributed by atoms with E-state index in [9.17, 15) is 9.59 Å². The molecule has 6 nitrogen and oxygen atoms in total. The Bertz CT molecular complexity index is 799. The number of nitrogens with zero attached hydrogens (tertiary/aromatic N) is 1. The number of esters is 1. The highest BCUT2D eigenvalue weighted by molar-refractivity contribution is 7.98. The summed E-state index contributed by atoms with van der Waals surface area (Å²) in [6, 6.07) is 9.28. The van der Waals surface area contributed by atoms with Crippen LogP contribution in [0.1, 0.15) is 54.4 Å². The van der Waals surface area contributed by atoms with Crippen molar-refractivity contribution in [3.8, 4) is 0 Å². The molecule has 0 saturated heterocycles. The minimum Gasteiger partial charge on any atom is -0.449 e. The summed E-state index contributed by atoms with van der Waals surface area (Å²) in [5.41, 5.74) is 1.26. The molecule has 1 aliphatic rings. The van der Waals surface area contributed by atoms with Crippen LogP contribution in [0.3, 0.4) is 0 Å². The van der Waals surface area contributed by atoms with Gasteiger partial charge in [-0.3, -0.25) is 4.79 Å². The Morgan fingerprint density at radius 3 is 2.78 bits per heavy atom. The van der Waals surface area contributed by atoms with Gasteiger partial charge < -0.3 is 14.6 Å². The van der Waals surface area contributed by atoms with Crippen LogP contribution in [0.4, 0.5) is 0 Å². The van der Waals surface area contributed by atoms with E-state index in [1.807, 2.05) is 25.1 Å². The van der Waals surface area contributed by atoms with Gasteiger partial charge in [0.15, 0.2) is 6.10 Å². The third-order valence-electron chi connectivity index (χ3n) is 4.51.